The molecule has 1 aromatic heterocycles. The highest BCUT2D eigenvalue weighted by Crippen LogP contribution is 2.39. The van der Waals surface area contributed by atoms with E-state index in [9.17, 15) is 10.4 Å². The Kier molecular flexibility index (Phi) is 7.61. The number of nitrogens with zero attached hydrogens (tertiary/aromatic N) is 4. The van der Waals surface area contributed by atoms with Crippen molar-refractivity contribution < 1.29 is 9.84 Å². The molecule has 7 heteroatoms. The number of benzene rings is 2. The lowest BCUT2D eigenvalue weighted by atomic mass is 9.94. The lowest BCUT2D eigenvalue weighted by Crippen LogP contribution is -2.36. The molecule has 0 atom stereocenters. The summed E-state index contributed by atoms with van der Waals surface area (Å²) < 4.78 is 5.60. The number of phenolic OH excluding ortho intramolecular Hbond substituents is 1. The molecule has 0 fully saturated rings. The van der Waals surface area contributed by atoms with Crippen molar-refractivity contribution in [2.24, 2.45) is 0 Å². The molecule has 4 rings (SSSR count). The summed E-state index contributed by atoms with van der Waals surface area (Å²) in [5, 5.41) is 25.7. The molecule has 0 unspecified atom stereocenters. The fourth-order valence-electron chi connectivity index (χ4n) is 4.83. The number of hydrogen-bond donors (Lipinski definition) is 2. The number of aromatic nitrogens is 1. The molecule has 35 heavy (non-hydrogen) atoms. The zero-order valence-electron chi connectivity index (χ0n) is 20.5. The standard InChI is InChI=1S/C28H33N5O2/c1-4-6-13-32(15-12-30-5-2)27-23-11-14-33(19-25(23)24(18-29)28(31-27)35-3)26-17-21(34)16-20-9-7-8-10-22(20)26/h5,7-10,16-17,30,34H,2,4,6,11-15,19H2,1,3H3. The van der Waals surface area contributed by atoms with Gasteiger partial charge in [-0.25, -0.2) is 0 Å². The van der Waals surface area contributed by atoms with Gasteiger partial charge in [0.25, 0.3) is 0 Å². The van der Waals surface area contributed by atoms with Gasteiger partial charge >= 0.3 is 0 Å². The molecular formula is C28H33N5O2. The minimum atomic E-state index is 0.235. The Labute approximate surface area is 207 Å². The number of aromatic hydroxyl groups is 1. The molecule has 2 aromatic carbocycles. The molecule has 3 aromatic rings. The summed E-state index contributed by atoms with van der Waals surface area (Å²) in [6.07, 6.45) is 4.59. The van der Waals surface area contributed by atoms with Crippen molar-refractivity contribution in [2.75, 3.05) is 43.1 Å². The van der Waals surface area contributed by atoms with Gasteiger partial charge in [-0.05, 0) is 30.5 Å². The minimum Gasteiger partial charge on any atom is -0.508 e. The topological polar surface area (TPSA) is 84.7 Å². The van der Waals surface area contributed by atoms with Crippen LogP contribution in [0.2, 0.25) is 0 Å². The van der Waals surface area contributed by atoms with Crippen molar-refractivity contribution in [1.29, 1.82) is 5.26 Å². The summed E-state index contributed by atoms with van der Waals surface area (Å²) in [7, 11) is 1.57. The van der Waals surface area contributed by atoms with Crippen molar-refractivity contribution in [3.05, 3.63) is 65.9 Å². The van der Waals surface area contributed by atoms with Crippen LogP contribution in [0.1, 0.15) is 36.5 Å². The van der Waals surface area contributed by atoms with Crippen LogP contribution in [0.15, 0.2) is 49.2 Å². The predicted molar refractivity (Wildman–Crippen MR) is 141 cm³/mol. The molecule has 0 saturated carbocycles. The van der Waals surface area contributed by atoms with Crippen LogP contribution < -0.4 is 19.9 Å². The van der Waals surface area contributed by atoms with E-state index in [1.165, 1.54) is 0 Å². The average molecular weight is 472 g/mol. The number of nitriles is 1. The summed E-state index contributed by atoms with van der Waals surface area (Å²) in [6.45, 7) is 9.66. The van der Waals surface area contributed by atoms with Crippen LogP contribution in [0.25, 0.3) is 10.8 Å². The number of ether oxygens (including phenoxy) is 1. The first-order valence-corrected chi connectivity index (χ1v) is 12.2. The van der Waals surface area contributed by atoms with Crippen molar-refractivity contribution >= 4 is 22.3 Å². The third kappa shape index (κ3) is 4.97. The first-order chi connectivity index (χ1) is 17.1. The van der Waals surface area contributed by atoms with Gasteiger partial charge in [-0.15, -0.1) is 0 Å². The second-order valence-electron chi connectivity index (χ2n) is 8.75. The molecule has 0 amide bonds. The van der Waals surface area contributed by atoms with Crippen molar-refractivity contribution in [2.45, 2.75) is 32.7 Å². The predicted octanol–water partition coefficient (Wildman–Crippen LogP) is 4.72. The van der Waals surface area contributed by atoms with Gasteiger partial charge in [0.2, 0.25) is 5.88 Å². The van der Waals surface area contributed by atoms with Gasteiger partial charge in [0.05, 0.1) is 7.11 Å². The lowest BCUT2D eigenvalue weighted by molar-refractivity contribution is 0.394. The number of unbranched alkanes of at least 4 members (excludes halogenated alkanes) is 1. The van der Waals surface area contributed by atoms with E-state index in [1.54, 1.807) is 19.4 Å². The quantitative estimate of drug-likeness (QED) is 0.414. The molecular weight excluding hydrogens is 438 g/mol. The number of phenols is 1. The van der Waals surface area contributed by atoms with E-state index in [1.807, 2.05) is 24.3 Å². The number of pyridine rings is 1. The molecule has 182 valence electrons. The second kappa shape index (κ2) is 11.0. The summed E-state index contributed by atoms with van der Waals surface area (Å²) >= 11 is 0. The fourth-order valence-corrected chi connectivity index (χ4v) is 4.83. The number of rotatable bonds is 10. The maximum absolute atomic E-state index is 10.4. The van der Waals surface area contributed by atoms with Gasteiger partial charge in [0.15, 0.2) is 0 Å². The molecule has 1 aliphatic heterocycles. The van der Waals surface area contributed by atoms with E-state index in [2.05, 4.69) is 40.8 Å². The summed E-state index contributed by atoms with van der Waals surface area (Å²) in [5.74, 6) is 1.50. The van der Waals surface area contributed by atoms with Crippen LogP contribution in [-0.4, -0.2) is 43.4 Å². The van der Waals surface area contributed by atoms with Crippen LogP contribution in [0.5, 0.6) is 11.6 Å². The molecule has 0 radical (unpaired) electrons. The highest BCUT2D eigenvalue weighted by atomic mass is 16.5. The zero-order valence-corrected chi connectivity index (χ0v) is 20.5. The molecule has 0 aliphatic carbocycles. The highest BCUT2D eigenvalue weighted by Gasteiger charge is 2.29. The van der Waals surface area contributed by atoms with Gasteiger partial charge in [-0.1, -0.05) is 44.2 Å². The molecule has 7 nitrogen and oxygen atoms in total. The van der Waals surface area contributed by atoms with Crippen LogP contribution in [0, 0.1) is 11.3 Å². The summed E-state index contributed by atoms with van der Waals surface area (Å²) in [4.78, 5) is 9.37. The molecule has 0 saturated heterocycles. The first-order valence-electron chi connectivity index (χ1n) is 12.2. The van der Waals surface area contributed by atoms with Crippen LogP contribution in [0.3, 0.4) is 0 Å². The van der Waals surface area contributed by atoms with Crippen LogP contribution >= 0.6 is 0 Å². The van der Waals surface area contributed by atoms with E-state index in [0.717, 1.165) is 78.8 Å². The zero-order chi connectivity index (χ0) is 24.8. The highest BCUT2D eigenvalue weighted by molar-refractivity contribution is 5.95. The lowest BCUT2D eigenvalue weighted by Gasteiger charge is -2.35. The van der Waals surface area contributed by atoms with Crippen LogP contribution in [0.4, 0.5) is 11.5 Å². The van der Waals surface area contributed by atoms with E-state index >= 15 is 0 Å². The van der Waals surface area contributed by atoms with E-state index < -0.39 is 0 Å². The number of nitrogens with one attached hydrogen (secondary N) is 1. The van der Waals surface area contributed by atoms with Gasteiger partial charge in [0.1, 0.15) is 23.2 Å². The van der Waals surface area contributed by atoms with E-state index in [-0.39, 0.29) is 5.75 Å². The Hall–Kier alpha value is -3.92. The second-order valence-corrected chi connectivity index (χ2v) is 8.75. The van der Waals surface area contributed by atoms with Gasteiger partial charge in [-0.2, -0.15) is 10.2 Å². The molecule has 2 heterocycles. The smallest absolute Gasteiger partial charge is 0.233 e. The van der Waals surface area contributed by atoms with Crippen LogP contribution in [-0.2, 0) is 13.0 Å². The summed E-state index contributed by atoms with van der Waals surface area (Å²) in [5.41, 5.74) is 3.51. The van der Waals surface area contributed by atoms with Gasteiger partial charge in [-0.3, -0.25) is 0 Å². The maximum atomic E-state index is 10.4. The number of anilines is 2. The Morgan fingerprint density at radius 1 is 1.29 bits per heavy atom. The number of methoxy groups -OCH3 is 1. The third-order valence-electron chi connectivity index (χ3n) is 6.56. The molecule has 0 bridgehead atoms. The summed E-state index contributed by atoms with van der Waals surface area (Å²) in [6, 6.07) is 14.0. The minimum absolute atomic E-state index is 0.235. The SMILES string of the molecule is C=CNCCN(CCCC)c1nc(OC)c(C#N)c2c1CCN(c1cc(O)cc3ccccc13)C2. The molecule has 0 spiro atoms. The van der Waals surface area contributed by atoms with Gasteiger partial charge in [0, 0.05) is 61.0 Å². The Balaban J connectivity index is 1.79. The third-order valence-corrected chi connectivity index (χ3v) is 6.56. The Morgan fingerprint density at radius 3 is 2.86 bits per heavy atom. The van der Waals surface area contributed by atoms with E-state index in [4.69, 9.17) is 9.72 Å². The fraction of sp³-hybridized carbons (Fsp3) is 0.357. The van der Waals surface area contributed by atoms with Gasteiger partial charge < -0.3 is 25.0 Å². The van der Waals surface area contributed by atoms with E-state index in [0.29, 0.717) is 18.0 Å². The maximum Gasteiger partial charge on any atom is 0.233 e. The molecule has 2 N–H and O–H groups in total. The molecule has 1 aliphatic rings. The largest absolute Gasteiger partial charge is 0.508 e. The Bertz CT molecular complexity index is 1250. The van der Waals surface area contributed by atoms with Crippen molar-refractivity contribution in [3.8, 4) is 17.7 Å². The monoisotopic (exact) mass is 471 g/mol. The van der Waals surface area contributed by atoms with Crippen molar-refractivity contribution in [1.82, 2.24) is 10.3 Å². The number of hydrogen-bond acceptors (Lipinski definition) is 7. The first kappa shape index (κ1) is 24.2. The van der Waals surface area contributed by atoms with Crippen molar-refractivity contribution in [3.63, 3.8) is 0 Å². The Morgan fingerprint density at radius 2 is 2.11 bits per heavy atom. The normalized spacial score (nSPS) is 12.7. The number of fused-ring (bicyclic) bond motifs is 2. The average Bonchev–Trinajstić information content (AvgIpc) is 2.88.